The van der Waals surface area contributed by atoms with Crippen LogP contribution in [0.15, 0.2) is 84.9 Å². The summed E-state index contributed by atoms with van der Waals surface area (Å²) < 4.78 is 53.9. The summed E-state index contributed by atoms with van der Waals surface area (Å²) >= 11 is 0. The molecule has 4 aromatic rings. The molecule has 6 rings (SSSR count). The third kappa shape index (κ3) is 10.8. The summed E-state index contributed by atoms with van der Waals surface area (Å²) in [5.74, 6) is 1.89. The maximum Gasteiger partial charge on any atom is 0.335 e. The Morgan fingerprint density at radius 3 is 1.09 bits per heavy atom. The fourth-order valence-corrected chi connectivity index (χ4v) is 11.9. The molecule has 2 saturated heterocycles. The van der Waals surface area contributed by atoms with E-state index in [0.717, 1.165) is 59.1 Å². The van der Waals surface area contributed by atoms with Crippen LogP contribution in [0.25, 0.3) is 22.3 Å². The van der Waals surface area contributed by atoms with E-state index < -0.39 is 20.6 Å². The van der Waals surface area contributed by atoms with Gasteiger partial charge in [-0.1, -0.05) is 140 Å². The predicted octanol–water partition coefficient (Wildman–Crippen LogP) is 13.0. The number of hydrogen-bond donors (Lipinski definition) is 0. The minimum absolute atomic E-state index is 0.146. The number of hydrogen-bond acceptors (Lipinski definition) is 6. The van der Waals surface area contributed by atoms with Crippen molar-refractivity contribution in [2.45, 2.75) is 93.4 Å². The van der Waals surface area contributed by atoms with Gasteiger partial charge in [0.05, 0.1) is 44.2 Å². The van der Waals surface area contributed by atoms with E-state index in [2.05, 4.69) is 128 Å². The summed E-state index contributed by atoms with van der Waals surface area (Å²) in [4.78, 5) is 0. The van der Waals surface area contributed by atoms with Gasteiger partial charge in [0.1, 0.15) is 0 Å². The first-order chi connectivity index (χ1) is 26.1. The monoisotopic (exact) mass is 784 g/mol. The molecule has 0 unspecified atom stereocenters. The molecule has 4 aromatic carbocycles. The zero-order valence-corrected chi connectivity index (χ0v) is 36.1. The molecule has 0 atom stereocenters. The SMILES string of the molecule is CC(C)Cc1cc(CC(C)C)c(-c2ccccc2)c(CP2(=O)OCC3(CO2)COP(=O)(Cc2cc(CC(C)C)cc(CC(C)C)c2-c2ccccc2)OC3)c1. The second-order valence-electron chi connectivity index (χ2n) is 17.8. The van der Waals surface area contributed by atoms with Crippen LogP contribution in [0.4, 0.5) is 0 Å². The molecule has 2 fully saturated rings. The van der Waals surface area contributed by atoms with Gasteiger partial charge in [0.25, 0.3) is 0 Å². The fourth-order valence-electron chi connectivity index (χ4n) is 8.13. The van der Waals surface area contributed by atoms with E-state index in [1.807, 2.05) is 12.1 Å². The Labute approximate surface area is 330 Å². The van der Waals surface area contributed by atoms with Crippen LogP contribution in [-0.4, -0.2) is 26.4 Å². The zero-order valence-electron chi connectivity index (χ0n) is 34.3. The van der Waals surface area contributed by atoms with Crippen molar-refractivity contribution in [2.24, 2.45) is 29.1 Å². The minimum atomic E-state index is -3.53. The van der Waals surface area contributed by atoms with Crippen molar-refractivity contribution in [3.63, 3.8) is 0 Å². The van der Waals surface area contributed by atoms with Crippen molar-refractivity contribution in [2.75, 3.05) is 26.4 Å². The van der Waals surface area contributed by atoms with Crippen molar-refractivity contribution < 1.29 is 27.2 Å². The molecule has 0 N–H and O–H groups in total. The minimum Gasteiger partial charge on any atom is -0.307 e. The van der Waals surface area contributed by atoms with Gasteiger partial charge in [-0.15, -0.1) is 0 Å². The molecule has 0 saturated carbocycles. The van der Waals surface area contributed by atoms with Crippen LogP contribution in [0.5, 0.6) is 0 Å². The van der Waals surface area contributed by atoms with Crippen molar-refractivity contribution in [1.82, 2.24) is 0 Å². The Balaban J connectivity index is 1.22. The zero-order chi connectivity index (χ0) is 39.4. The fraction of sp³-hybridized carbons (Fsp3) is 0.489. The Bertz CT molecular complexity index is 1830. The van der Waals surface area contributed by atoms with Crippen LogP contribution in [0.1, 0.15) is 88.8 Å². The van der Waals surface area contributed by atoms with Crippen molar-refractivity contribution in [1.29, 1.82) is 0 Å². The first kappa shape index (κ1) is 41.8. The molecule has 1 spiro atoms. The summed E-state index contributed by atoms with van der Waals surface area (Å²) in [6, 6.07) is 29.9. The summed E-state index contributed by atoms with van der Waals surface area (Å²) in [6.07, 6.45) is 4.06. The molecule has 2 aliphatic heterocycles. The van der Waals surface area contributed by atoms with E-state index in [-0.39, 0.29) is 38.8 Å². The maximum absolute atomic E-state index is 14.5. The highest BCUT2D eigenvalue weighted by molar-refractivity contribution is 7.53. The molecule has 6 nitrogen and oxygen atoms in total. The van der Waals surface area contributed by atoms with E-state index in [1.54, 1.807) is 0 Å². The molecule has 0 aliphatic carbocycles. The predicted molar refractivity (Wildman–Crippen MR) is 227 cm³/mol. The Morgan fingerprint density at radius 2 is 0.782 bits per heavy atom. The summed E-state index contributed by atoms with van der Waals surface area (Å²) in [5, 5.41) is 0. The third-order valence-corrected chi connectivity index (χ3v) is 13.9. The van der Waals surface area contributed by atoms with Crippen molar-refractivity contribution in [3.05, 3.63) is 118 Å². The molecule has 0 radical (unpaired) electrons. The molecule has 0 bridgehead atoms. The normalized spacial score (nSPS) is 23.1. The highest BCUT2D eigenvalue weighted by Crippen LogP contribution is 2.62. The van der Waals surface area contributed by atoms with Gasteiger partial charge in [-0.2, -0.15) is 0 Å². The van der Waals surface area contributed by atoms with Gasteiger partial charge in [-0.3, -0.25) is 9.13 Å². The van der Waals surface area contributed by atoms with E-state index in [4.69, 9.17) is 18.1 Å². The van der Waals surface area contributed by atoms with Gasteiger partial charge in [0.2, 0.25) is 0 Å². The van der Waals surface area contributed by atoms with E-state index in [9.17, 15) is 9.13 Å². The Morgan fingerprint density at radius 1 is 0.473 bits per heavy atom. The first-order valence-corrected chi connectivity index (χ1v) is 23.8. The molecule has 0 amide bonds. The molecule has 2 heterocycles. The summed E-state index contributed by atoms with van der Waals surface area (Å²) in [5.41, 5.74) is 10.8. The van der Waals surface area contributed by atoms with Crippen molar-refractivity contribution in [3.8, 4) is 22.3 Å². The number of rotatable bonds is 14. The lowest BCUT2D eigenvalue weighted by molar-refractivity contribution is -0.0690. The van der Waals surface area contributed by atoms with Gasteiger partial charge in [0, 0.05) is 0 Å². The second kappa shape index (κ2) is 17.8. The average molecular weight is 785 g/mol. The van der Waals surface area contributed by atoms with Crippen LogP contribution in [0.3, 0.4) is 0 Å². The lowest BCUT2D eigenvalue weighted by Crippen LogP contribution is -2.45. The topological polar surface area (TPSA) is 71.1 Å². The van der Waals surface area contributed by atoms with E-state index in [1.165, 1.54) is 22.3 Å². The van der Waals surface area contributed by atoms with Crippen LogP contribution < -0.4 is 0 Å². The largest absolute Gasteiger partial charge is 0.335 e. The van der Waals surface area contributed by atoms with Gasteiger partial charge in [-0.25, -0.2) is 0 Å². The number of benzene rings is 4. The van der Waals surface area contributed by atoms with Crippen LogP contribution in [0, 0.1) is 29.1 Å². The Kier molecular flexibility index (Phi) is 13.5. The van der Waals surface area contributed by atoms with Crippen molar-refractivity contribution >= 4 is 15.2 Å². The lowest BCUT2D eigenvalue weighted by atomic mass is 9.87. The summed E-state index contributed by atoms with van der Waals surface area (Å²) in [6.45, 7) is 18.4. The van der Waals surface area contributed by atoms with Crippen LogP contribution in [-0.2, 0) is 65.2 Å². The Hall–Kier alpha value is -2.82. The van der Waals surface area contributed by atoms with Crippen LogP contribution in [0.2, 0.25) is 0 Å². The quantitative estimate of drug-likeness (QED) is 0.119. The first-order valence-electron chi connectivity index (χ1n) is 20.3. The summed E-state index contributed by atoms with van der Waals surface area (Å²) in [7, 11) is -7.05. The smallest absolute Gasteiger partial charge is 0.307 e. The molecule has 0 aromatic heterocycles. The highest BCUT2D eigenvalue weighted by Gasteiger charge is 2.49. The second-order valence-corrected chi connectivity index (χ2v) is 21.9. The van der Waals surface area contributed by atoms with Crippen LogP contribution >= 0.6 is 15.2 Å². The highest BCUT2D eigenvalue weighted by atomic mass is 31.2. The molecule has 2 aliphatic rings. The van der Waals surface area contributed by atoms with Gasteiger partial charge in [0.15, 0.2) is 0 Å². The molecular formula is C47H62O6P2. The molecular weight excluding hydrogens is 722 g/mol. The molecule has 296 valence electrons. The van der Waals surface area contributed by atoms with Gasteiger partial charge >= 0.3 is 15.2 Å². The van der Waals surface area contributed by atoms with E-state index in [0.29, 0.717) is 23.7 Å². The third-order valence-electron chi connectivity index (χ3n) is 10.4. The molecule has 8 heteroatoms. The molecule has 55 heavy (non-hydrogen) atoms. The maximum atomic E-state index is 14.5. The van der Waals surface area contributed by atoms with Gasteiger partial charge in [-0.05, 0) is 105 Å². The standard InChI is InChI=1S/C47H62O6P2/c1-33(2)19-37-23-41(21-35(5)6)45(39-15-11-9-12-16-39)43(25-37)27-54(48)50-29-47(30-51-54)31-52-55(49,53-32-47)28-44-26-38(20-34(3)4)24-42(22-36(7)8)46(44)40-17-13-10-14-18-40/h9-18,23-26,33-36H,19-22,27-32H2,1-8H3. The van der Waals surface area contributed by atoms with E-state index >= 15 is 0 Å². The average Bonchev–Trinajstić information content (AvgIpc) is 3.11. The van der Waals surface area contributed by atoms with Gasteiger partial charge < -0.3 is 18.1 Å². The lowest BCUT2D eigenvalue weighted by Gasteiger charge is -2.43.